The van der Waals surface area contributed by atoms with Crippen molar-refractivity contribution in [2.75, 3.05) is 0 Å². The van der Waals surface area contributed by atoms with Gasteiger partial charge in [-0.05, 0) is 90.4 Å². The van der Waals surface area contributed by atoms with Gasteiger partial charge in [0.05, 0.1) is 27.8 Å². The van der Waals surface area contributed by atoms with Crippen LogP contribution in [0.1, 0.15) is 61.8 Å². The van der Waals surface area contributed by atoms with Crippen molar-refractivity contribution < 1.29 is 0 Å². The molecule has 0 atom stereocenters. The summed E-state index contributed by atoms with van der Waals surface area (Å²) in [7, 11) is 0. The summed E-state index contributed by atoms with van der Waals surface area (Å²) in [6, 6.07) is 37.5. The normalized spacial score (nSPS) is 12.0. The first-order valence-corrected chi connectivity index (χ1v) is 15.1. The van der Waals surface area contributed by atoms with Gasteiger partial charge in [-0.3, -0.25) is 4.57 Å². The van der Waals surface area contributed by atoms with E-state index in [1.165, 1.54) is 55.4 Å². The summed E-state index contributed by atoms with van der Waals surface area (Å²) in [6.07, 6.45) is 0. The zero-order valence-electron chi connectivity index (χ0n) is 25.3. The molecule has 208 valence electrons. The van der Waals surface area contributed by atoms with Gasteiger partial charge >= 0.3 is 0 Å². The van der Waals surface area contributed by atoms with Crippen LogP contribution in [0.3, 0.4) is 0 Å². The highest BCUT2D eigenvalue weighted by Gasteiger charge is 2.23. The molecular weight excluding hydrogens is 510 g/mol. The van der Waals surface area contributed by atoms with Crippen LogP contribution in [0, 0.1) is 13.8 Å². The molecule has 0 radical (unpaired) electrons. The molecule has 0 fully saturated rings. The third kappa shape index (κ3) is 3.99. The Balaban J connectivity index is 1.59. The van der Waals surface area contributed by atoms with Crippen molar-refractivity contribution in [3.05, 3.63) is 125 Å². The molecular formula is C39H37N3. The van der Waals surface area contributed by atoms with Gasteiger partial charge in [-0.15, -0.1) is 0 Å². The maximum absolute atomic E-state index is 5.31. The fourth-order valence-corrected chi connectivity index (χ4v) is 6.68. The summed E-state index contributed by atoms with van der Waals surface area (Å²) in [5, 5.41) is 2.57. The van der Waals surface area contributed by atoms with E-state index < -0.39 is 0 Å². The maximum atomic E-state index is 5.31. The Labute approximate surface area is 248 Å². The second kappa shape index (κ2) is 10.0. The van der Waals surface area contributed by atoms with E-state index in [4.69, 9.17) is 4.98 Å². The fourth-order valence-electron chi connectivity index (χ4n) is 6.68. The lowest BCUT2D eigenvalue weighted by molar-refractivity contribution is 0.811. The second-order valence-electron chi connectivity index (χ2n) is 12.2. The van der Waals surface area contributed by atoms with Crippen LogP contribution >= 0.6 is 0 Å². The summed E-state index contributed by atoms with van der Waals surface area (Å²) >= 11 is 0. The molecule has 2 aromatic heterocycles. The van der Waals surface area contributed by atoms with Crippen LogP contribution in [-0.2, 0) is 0 Å². The topological polar surface area (TPSA) is 22.8 Å². The molecule has 0 aliphatic carbocycles. The van der Waals surface area contributed by atoms with E-state index >= 15 is 0 Å². The molecule has 3 nitrogen and oxygen atoms in total. The van der Waals surface area contributed by atoms with E-state index in [2.05, 4.69) is 154 Å². The zero-order valence-corrected chi connectivity index (χ0v) is 25.3. The number of imidazole rings is 1. The first kappa shape index (κ1) is 26.3. The molecule has 7 aromatic rings. The molecule has 0 unspecified atom stereocenters. The molecule has 0 saturated heterocycles. The van der Waals surface area contributed by atoms with Gasteiger partial charge < -0.3 is 4.57 Å². The van der Waals surface area contributed by atoms with Crippen LogP contribution in [0.15, 0.2) is 103 Å². The summed E-state index contributed by atoms with van der Waals surface area (Å²) in [5.74, 6) is 1.74. The largest absolute Gasteiger partial charge is 0.309 e. The average Bonchev–Trinajstić information content (AvgIpc) is 3.56. The minimum absolute atomic E-state index is 0.379. The van der Waals surface area contributed by atoms with Crippen molar-refractivity contribution in [2.45, 2.75) is 53.4 Å². The van der Waals surface area contributed by atoms with Crippen LogP contribution in [0.4, 0.5) is 0 Å². The minimum Gasteiger partial charge on any atom is -0.309 e. The third-order valence-electron chi connectivity index (χ3n) is 8.72. The van der Waals surface area contributed by atoms with Crippen LogP contribution in [0.25, 0.3) is 55.6 Å². The molecule has 0 saturated carbocycles. The van der Waals surface area contributed by atoms with E-state index in [1.54, 1.807) is 0 Å². The summed E-state index contributed by atoms with van der Waals surface area (Å²) < 4.78 is 4.85. The van der Waals surface area contributed by atoms with E-state index in [9.17, 15) is 0 Å². The van der Waals surface area contributed by atoms with Gasteiger partial charge in [0.25, 0.3) is 0 Å². The van der Waals surface area contributed by atoms with Crippen molar-refractivity contribution in [3.63, 3.8) is 0 Å². The van der Waals surface area contributed by atoms with Gasteiger partial charge in [0.15, 0.2) is 0 Å². The Morgan fingerprint density at radius 2 is 1.26 bits per heavy atom. The first-order chi connectivity index (χ1) is 20.3. The Bertz CT molecular complexity index is 2080. The van der Waals surface area contributed by atoms with Crippen molar-refractivity contribution in [1.82, 2.24) is 14.1 Å². The average molecular weight is 548 g/mol. The number of nitrogens with zero attached hydrogens (tertiary/aromatic N) is 3. The molecule has 0 aliphatic rings. The van der Waals surface area contributed by atoms with Gasteiger partial charge in [-0.25, -0.2) is 4.98 Å². The molecule has 2 heterocycles. The van der Waals surface area contributed by atoms with Gasteiger partial charge in [0.1, 0.15) is 5.82 Å². The van der Waals surface area contributed by atoms with Crippen LogP contribution < -0.4 is 0 Å². The zero-order chi connectivity index (χ0) is 29.1. The smallest absolute Gasteiger partial charge is 0.145 e. The number of para-hydroxylation sites is 4. The van der Waals surface area contributed by atoms with Crippen LogP contribution in [0.5, 0.6) is 0 Å². The van der Waals surface area contributed by atoms with E-state index in [0.29, 0.717) is 11.8 Å². The van der Waals surface area contributed by atoms with E-state index in [1.807, 2.05) is 0 Å². The lowest BCUT2D eigenvalue weighted by atomic mass is 9.92. The molecule has 3 heteroatoms. The number of rotatable bonds is 5. The highest BCUT2D eigenvalue weighted by Crippen LogP contribution is 2.41. The monoisotopic (exact) mass is 547 g/mol. The third-order valence-corrected chi connectivity index (χ3v) is 8.72. The highest BCUT2D eigenvalue weighted by molar-refractivity contribution is 6.13. The first-order valence-electron chi connectivity index (χ1n) is 15.1. The second-order valence-corrected chi connectivity index (χ2v) is 12.2. The van der Waals surface area contributed by atoms with Gasteiger partial charge in [-0.1, -0.05) is 88.4 Å². The maximum Gasteiger partial charge on any atom is 0.145 e. The molecule has 7 rings (SSSR count). The molecule has 0 N–H and O–H groups in total. The van der Waals surface area contributed by atoms with Crippen LogP contribution in [-0.4, -0.2) is 14.1 Å². The molecule has 0 amide bonds. The summed E-state index contributed by atoms with van der Waals surface area (Å²) in [5.41, 5.74) is 13.5. The molecule has 5 aromatic carbocycles. The number of aromatic nitrogens is 3. The minimum atomic E-state index is 0.379. The Kier molecular flexibility index (Phi) is 6.27. The Hall–Kier alpha value is -4.63. The van der Waals surface area contributed by atoms with Crippen molar-refractivity contribution in [3.8, 4) is 22.8 Å². The number of benzene rings is 5. The quantitative estimate of drug-likeness (QED) is 0.210. The lowest BCUT2D eigenvalue weighted by Crippen LogP contribution is -2.08. The molecule has 0 aliphatic heterocycles. The number of hydrogen-bond donors (Lipinski definition) is 0. The van der Waals surface area contributed by atoms with E-state index in [0.717, 1.165) is 22.4 Å². The Morgan fingerprint density at radius 1 is 0.595 bits per heavy atom. The highest BCUT2D eigenvalue weighted by atomic mass is 15.1. The predicted molar refractivity (Wildman–Crippen MR) is 178 cm³/mol. The van der Waals surface area contributed by atoms with Crippen molar-refractivity contribution in [2.24, 2.45) is 0 Å². The standard InChI is InChI=1S/C39H37N3/c1-24(2)30-15-12-16-31(25(3)4)38(30)42-35-18-11-10-17-33(35)40-39(42)28-21-22-34-32(23-28)36-26(5)19-20-27(6)37(36)41(34)29-13-8-7-9-14-29/h7-25H,1-6H3. The van der Waals surface area contributed by atoms with Crippen molar-refractivity contribution in [1.29, 1.82) is 0 Å². The predicted octanol–water partition coefficient (Wildman–Crippen LogP) is 10.7. The molecule has 0 spiro atoms. The van der Waals surface area contributed by atoms with Gasteiger partial charge in [-0.2, -0.15) is 0 Å². The summed E-state index contributed by atoms with van der Waals surface area (Å²) in [4.78, 5) is 5.31. The SMILES string of the molecule is Cc1ccc(C)c2c1c1cc(-c3nc4ccccc4n3-c3c(C(C)C)cccc3C(C)C)ccc1n2-c1ccccc1. The molecule has 42 heavy (non-hydrogen) atoms. The van der Waals surface area contributed by atoms with Gasteiger partial charge in [0, 0.05) is 22.0 Å². The Morgan fingerprint density at radius 3 is 1.98 bits per heavy atom. The lowest BCUT2D eigenvalue weighted by Gasteiger charge is -2.22. The van der Waals surface area contributed by atoms with Crippen molar-refractivity contribution >= 4 is 32.8 Å². The number of hydrogen-bond acceptors (Lipinski definition) is 1. The molecule has 0 bridgehead atoms. The number of aryl methyl sites for hydroxylation is 2. The van der Waals surface area contributed by atoms with Crippen LogP contribution in [0.2, 0.25) is 0 Å². The number of fused-ring (bicyclic) bond motifs is 4. The van der Waals surface area contributed by atoms with E-state index in [-0.39, 0.29) is 0 Å². The van der Waals surface area contributed by atoms with Gasteiger partial charge in [0.2, 0.25) is 0 Å². The fraction of sp³-hybridized carbons (Fsp3) is 0.205. The summed E-state index contributed by atoms with van der Waals surface area (Å²) in [6.45, 7) is 13.6.